The molecule has 0 amide bonds. The lowest BCUT2D eigenvalue weighted by Gasteiger charge is -2.09. The number of ether oxygens (including phenoxy) is 1. The van der Waals surface area contributed by atoms with E-state index in [1.54, 1.807) is 11.8 Å². The Balaban J connectivity index is 2.60. The molecule has 16 heavy (non-hydrogen) atoms. The number of thioether (sulfide) groups is 1. The average molecular weight is 238 g/mol. The highest BCUT2D eigenvalue weighted by Gasteiger charge is 2.05. The number of hydrogen-bond acceptors (Lipinski definition) is 3. The minimum atomic E-state index is 0.165. The van der Waals surface area contributed by atoms with Gasteiger partial charge >= 0.3 is 0 Å². The van der Waals surface area contributed by atoms with E-state index in [4.69, 9.17) is 4.74 Å². The molecule has 0 aromatic heterocycles. The predicted octanol–water partition coefficient (Wildman–Crippen LogP) is 3.41. The van der Waals surface area contributed by atoms with E-state index in [1.807, 2.05) is 44.4 Å². The molecule has 1 aromatic carbocycles. The number of carbonyl (C=O) groups excluding carboxylic acids is 1. The van der Waals surface area contributed by atoms with Crippen LogP contribution < -0.4 is 4.74 Å². The van der Waals surface area contributed by atoms with Gasteiger partial charge in [-0.2, -0.15) is 11.8 Å². The Kier molecular flexibility index (Phi) is 5.39. The van der Waals surface area contributed by atoms with E-state index in [2.05, 4.69) is 0 Å². The molecule has 0 radical (unpaired) electrons. The van der Waals surface area contributed by atoms with Crippen LogP contribution in [0.4, 0.5) is 0 Å². The molecule has 0 aliphatic rings. The molecular weight excluding hydrogens is 220 g/mol. The fourth-order valence-electron chi connectivity index (χ4n) is 1.33. The second-order valence-electron chi connectivity index (χ2n) is 3.86. The molecule has 3 heteroatoms. The summed E-state index contributed by atoms with van der Waals surface area (Å²) in [6.07, 6.45) is 2.77. The maximum atomic E-state index is 11.7. The summed E-state index contributed by atoms with van der Waals surface area (Å²) in [4.78, 5) is 11.7. The fourth-order valence-corrected chi connectivity index (χ4v) is 1.72. The lowest BCUT2D eigenvalue weighted by molar-refractivity contribution is 0.0989. The van der Waals surface area contributed by atoms with E-state index in [9.17, 15) is 4.79 Å². The Bertz CT molecular complexity index is 330. The maximum absolute atomic E-state index is 11.7. The fraction of sp³-hybridized carbons (Fsp3) is 0.462. The standard InChI is InChI=1S/C13H18O2S/c1-10(2)15-12-6-4-11(5-7-12)13(14)8-9-16-3/h4-7,10H,8-9H2,1-3H3. The molecule has 0 saturated carbocycles. The van der Waals surface area contributed by atoms with Gasteiger partial charge in [-0.25, -0.2) is 0 Å². The highest BCUT2D eigenvalue weighted by Crippen LogP contribution is 2.15. The Morgan fingerprint density at radius 2 is 1.94 bits per heavy atom. The quantitative estimate of drug-likeness (QED) is 0.710. The number of hydrogen-bond donors (Lipinski definition) is 0. The highest BCUT2D eigenvalue weighted by atomic mass is 32.2. The van der Waals surface area contributed by atoms with E-state index in [-0.39, 0.29) is 11.9 Å². The summed E-state index contributed by atoms with van der Waals surface area (Å²) < 4.78 is 5.51. The van der Waals surface area contributed by atoms with Crippen LogP contribution in [0, 0.1) is 0 Å². The van der Waals surface area contributed by atoms with Gasteiger partial charge in [-0.15, -0.1) is 0 Å². The zero-order chi connectivity index (χ0) is 12.0. The summed E-state index contributed by atoms with van der Waals surface area (Å²) in [7, 11) is 0. The van der Waals surface area contributed by atoms with Crippen molar-refractivity contribution in [2.75, 3.05) is 12.0 Å². The molecule has 0 aliphatic carbocycles. The van der Waals surface area contributed by atoms with Gasteiger partial charge in [0.1, 0.15) is 5.75 Å². The van der Waals surface area contributed by atoms with Crippen LogP contribution in [0.25, 0.3) is 0 Å². The normalized spacial score (nSPS) is 10.5. The molecule has 1 rings (SSSR count). The second-order valence-corrected chi connectivity index (χ2v) is 4.84. The van der Waals surface area contributed by atoms with Crippen molar-refractivity contribution >= 4 is 17.5 Å². The molecule has 0 N–H and O–H groups in total. The van der Waals surface area contributed by atoms with Gasteiger partial charge < -0.3 is 4.74 Å². The van der Waals surface area contributed by atoms with Gasteiger partial charge in [0.2, 0.25) is 0 Å². The molecule has 0 unspecified atom stereocenters. The summed E-state index contributed by atoms with van der Waals surface area (Å²) in [6.45, 7) is 3.97. The van der Waals surface area contributed by atoms with Crippen molar-refractivity contribution in [3.63, 3.8) is 0 Å². The van der Waals surface area contributed by atoms with E-state index < -0.39 is 0 Å². The molecule has 88 valence electrons. The SMILES string of the molecule is CSCCC(=O)c1ccc(OC(C)C)cc1. The number of benzene rings is 1. The van der Waals surface area contributed by atoms with Crippen LogP contribution in [0.1, 0.15) is 30.6 Å². The van der Waals surface area contributed by atoms with E-state index >= 15 is 0 Å². The molecule has 0 spiro atoms. The first-order valence-electron chi connectivity index (χ1n) is 5.42. The highest BCUT2D eigenvalue weighted by molar-refractivity contribution is 7.98. The first-order valence-corrected chi connectivity index (χ1v) is 6.81. The van der Waals surface area contributed by atoms with Crippen LogP contribution in [-0.2, 0) is 0 Å². The van der Waals surface area contributed by atoms with Crippen molar-refractivity contribution in [1.82, 2.24) is 0 Å². The van der Waals surface area contributed by atoms with E-state index in [1.165, 1.54) is 0 Å². The zero-order valence-corrected chi connectivity index (χ0v) is 10.8. The minimum Gasteiger partial charge on any atom is -0.491 e. The minimum absolute atomic E-state index is 0.165. The maximum Gasteiger partial charge on any atom is 0.163 e. The van der Waals surface area contributed by atoms with Crippen LogP contribution in [0.2, 0.25) is 0 Å². The molecule has 1 aromatic rings. The van der Waals surface area contributed by atoms with Gasteiger partial charge in [0.25, 0.3) is 0 Å². The molecule has 0 fully saturated rings. The van der Waals surface area contributed by atoms with Gasteiger partial charge in [-0.3, -0.25) is 4.79 Å². The summed E-state index contributed by atoms with van der Waals surface area (Å²) in [5.74, 6) is 1.89. The van der Waals surface area contributed by atoms with E-state index in [0.29, 0.717) is 6.42 Å². The number of carbonyl (C=O) groups is 1. The van der Waals surface area contributed by atoms with Crippen LogP contribution in [0.5, 0.6) is 5.75 Å². The second kappa shape index (κ2) is 6.59. The third kappa shape index (κ3) is 4.27. The Labute approximate surface area is 101 Å². The Morgan fingerprint density at radius 3 is 2.44 bits per heavy atom. The summed E-state index contributed by atoms with van der Waals surface area (Å²) in [5.41, 5.74) is 0.769. The number of ketones is 1. The molecule has 2 nitrogen and oxygen atoms in total. The first kappa shape index (κ1) is 13.1. The van der Waals surface area contributed by atoms with Crippen LogP contribution in [-0.4, -0.2) is 23.9 Å². The van der Waals surface area contributed by atoms with Crippen molar-refractivity contribution in [1.29, 1.82) is 0 Å². The van der Waals surface area contributed by atoms with Crippen molar-refractivity contribution in [2.45, 2.75) is 26.4 Å². The Hall–Kier alpha value is -0.960. The third-order valence-electron chi connectivity index (χ3n) is 2.08. The summed E-state index contributed by atoms with van der Waals surface area (Å²) in [6, 6.07) is 7.37. The van der Waals surface area contributed by atoms with Crippen LogP contribution >= 0.6 is 11.8 Å². The molecular formula is C13H18O2S. The monoisotopic (exact) mass is 238 g/mol. The molecule has 0 heterocycles. The van der Waals surface area contributed by atoms with Gasteiger partial charge in [0.15, 0.2) is 5.78 Å². The lowest BCUT2D eigenvalue weighted by Crippen LogP contribution is -2.06. The van der Waals surface area contributed by atoms with Crippen molar-refractivity contribution in [3.8, 4) is 5.75 Å². The van der Waals surface area contributed by atoms with Crippen molar-refractivity contribution in [2.24, 2.45) is 0 Å². The van der Waals surface area contributed by atoms with Crippen molar-refractivity contribution in [3.05, 3.63) is 29.8 Å². The van der Waals surface area contributed by atoms with Gasteiger partial charge in [0.05, 0.1) is 6.10 Å². The zero-order valence-electron chi connectivity index (χ0n) is 10.0. The van der Waals surface area contributed by atoms with Gasteiger partial charge in [0, 0.05) is 17.7 Å². The topological polar surface area (TPSA) is 26.3 Å². The van der Waals surface area contributed by atoms with Gasteiger partial charge in [-0.1, -0.05) is 0 Å². The first-order chi connectivity index (χ1) is 7.63. The van der Waals surface area contributed by atoms with E-state index in [0.717, 1.165) is 17.1 Å². The number of rotatable bonds is 6. The third-order valence-corrected chi connectivity index (χ3v) is 2.69. The largest absolute Gasteiger partial charge is 0.491 e. The molecule has 0 bridgehead atoms. The molecule has 0 saturated heterocycles. The number of Topliss-reactive ketones (excluding diaryl/α,β-unsaturated/α-hetero) is 1. The predicted molar refractivity (Wildman–Crippen MR) is 69.5 cm³/mol. The summed E-state index contributed by atoms with van der Waals surface area (Å²) >= 11 is 1.69. The molecule has 0 aliphatic heterocycles. The molecule has 0 atom stereocenters. The Morgan fingerprint density at radius 1 is 1.31 bits per heavy atom. The van der Waals surface area contributed by atoms with Gasteiger partial charge in [-0.05, 0) is 44.4 Å². The van der Waals surface area contributed by atoms with Crippen LogP contribution in [0.3, 0.4) is 0 Å². The summed E-state index contributed by atoms with van der Waals surface area (Å²) in [5, 5.41) is 0. The van der Waals surface area contributed by atoms with Crippen molar-refractivity contribution < 1.29 is 9.53 Å². The van der Waals surface area contributed by atoms with Crippen LogP contribution in [0.15, 0.2) is 24.3 Å². The smallest absolute Gasteiger partial charge is 0.163 e. The average Bonchev–Trinajstić information content (AvgIpc) is 2.26. The lowest BCUT2D eigenvalue weighted by atomic mass is 10.1.